The van der Waals surface area contributed by atoms with Gasteiger partial charge in [-0.15, -0.1) is 0 Å². The molecule has 76 heavy (non-hydrogen) atoms. The minimum atomic E-state index is -0.739. The van der Waals surface area contributed by atoms with E-state index < -0.39 is 23.7 Å². The maximum Gasteiger partial charge on any atom is 0.319 e. The third-order valence-corrected chi connectivity index (χ3v) is 16.3. The third-order valence-electron chi connectivity index (χ3n) is 16.3. The molecule has 5 fully saturated rings. The highest BCUT2D eigenvalue weighted by molar-refractivity contribution is 6.00. The molecule has 2 saturated heterocycles. The predicted octanol–water partition coefficient (Wildman–Crippen LogP) is 6.60. The molecule has 15 nitrogen and oxygen atoms in total. The van der Waals surface area contributed by atoms with Crippen LogP contribution in [0.15, 0.2) is 115 Å². The van der Waals surface area contributed by atoms with Crippen LogP contribution in [0.3, 0.4) is 0 Å². The molecule has 6 N–H and O–H groups in total. The van der Waals surface area contributed by atoms with Crippen LogP contribution in [-0.2, 0) is 28.7 Å². The summed E-state index contributed by atoms with van der Waals surface area (Å²) < 4.78 is 5.02. The molecule has 0 spiro atoms. The number of hydrogen-bond acceptors (Lipinski definition) is 9. The van der Waals surface area contributed by atoms with Gasteiger partial charge < -0.3 is 41.5 Å². The first-order chi connectivity index (χ1) is 37.1. The Labute approximate surface area is 446 Å². The fourth-order valence-electron chi connectivity index (χ4n) is 11.5. The number of carbonyl (C=O) groups is 7. The third kappa shape index (κ3) is 14.1. The van der Waals surface area contributed by atoms with Crippen molar-refractivity contribution in [3.63, 3.8) is 0 Å². The smallest absolute Gasteiger partial charge is 0.319 e. The van der Waals surface area contributed by atoms with Gasteiger partial charge in [-0.05, 0) is 73.1 Å². The molecule has 4 aromatic rings. The lowest BCUT2D eigenvalue weighted by molar-refractivity contribution is -0.142. The molecule has 3 saturated carbocycles. The molecule has 5 aliphatic rings. The van der Waals surface area contributed by atoms with E-state index in [0.29, 0.717) is 24.3 Å². The van der Waals surface area contributed by atoms with E-state index in [0.717, 1.165) is 100 Å². The maximum atomic E-state index is 14.2. The number of carbonyl (C=O) groups excluding carboxylic acids is 7. The van der Waals surface area contributed by atoms with E-state index >= 15 is 0 Å². The number of esters is 1. The average molecular weight is 1030 g/mol. The largest absolute Gasteiger partial charge is 0.465 e. The summed E-state index contributed by atoms with van der Waals surface area (Å²) in [5.74, 6) is -4.32. The minimum absolute atomic E-state index is 0.0392. The van der Waals surface area contributed by atoms with Gasteiger partial charge in [0.05, 0.1) is 36.8 Å². The van der Waals surface area contributed by atoms with Crippen LogP contribution < -0.4 is 27.0 Å². The van der Waals surface area contributed by atoms with Crippen LogP contribution in [0.2, 0.25) is 0 Å². The van der Waals surface area contributed by atoms with Crippen molar-refractivity contribution in [2.45, 2.75) is 119 Å². The van der Waals surface area contributed by atoms with Crippen molar-refractivity contribution in [3.05, 3.63) is 143 Å². The molecule has 9 rings (SSSR count). The fourth-order valence-corrected chi connectivity index (χ4v) is 11.5. The monoisotopic (exact) mass is 1030 g/mol. The molecule has 0 radical (unpaired) electrons. The number of nitrogens with one attached hydrogen (secondary N) is 4. The second kappa shape index (κ2) is 25.8. The lowest BCUT2D eigenvalue weighted by Crippen LogP contribution is -2.43. The lowest BCUT2D eigenvalue weighted by atomic mass is 9.94. The maximum absolute atomic E-state index is 14.2. The van der Waals surface area contributed by atoms with Crippen molar-refractivity contribution >= 4 is 41.4 Å². The summed E-state index contributed by atoms with van der Waals surface area (Å²) in [5, 5.41) is 12.7. The van der Waals surface area contributed by atoms with Crippen molar-refractivity contribution < 1.29 is 38.3 Å². The topological polar surface area (TPSA) is 209 Å². The second-order valence-electron chi connectivity index (χ2n) is 21.8. The van der Waals surface area contributed by atoms with Crippen LogP contribution in [0.25, 0.3) is 0 Å². The molecule has 2 aliphatic heterocycles. The van der Waals surface area contributed by atoms with Gasteiger partial charge in [0.15, 0.2) is 0 Å². The summed E-state index contributed by atoms with van der Waals surface area (Å²) in [6, 6.07) is 36.4. The Balaban J connectivity index is 0.782. The zero-order chi connectivity index (χ0) is 53.0. The predicted molar refractivity (Wildman–Crippen MR) is 289 cm³/mol. The SMILES string of the molecule is NCC(=O)OCCCCCCCCCCCCNC(=O)[C@@H]1CN(C(=O)c2ccc(C(=O)N3C[C@@H](C(=O)N[C@H]4C[C@@H]4c4ccccc4)[C@H](C(=O)N[C@H]4C[C@@H]4c4ccccc4)C3)cc2)C[C@H]1C(=O)N[C@H]1C[C@@H]1c1ccccc1. The quantitative estimate of drug-likeness (QED) is 0.0339. The van der Waals surface area contributed by atoms with E-state index in [9.17, 15) is 33.6 Å². The number of hydrogen-bond donors (Lipinski definition) is 5. The standard InChI is InChI=1S/C61H75N7O8/c62-35-55(69)76-31-19-8-6-4-2-1-3-5-7-18-30-63-56(70)48-36-67(37-49(48)57(71)64-52-32-45(52)40-20-12-9-13-21-40)60(74)43-26-28-44(29-27-43)61(75)68-38-50(58(72)65-53-33-46(53)41-22-14-10-15-23-41)51(39-68)59(73)66-54-34-47(54)42-24-16-11-17-25-42/h9-17,20-29,45-54H,1-8,18-19,30-39,62H2,(H,63,70)(H,64,71)(H,65,72)(H,66,73)/t45-,46-,47-,48-,49-,50-,51-,52+,53+,54+/m1/s1. The van der Waals surface area contributed by atoms with Gasteiger partial charge in [0.2, 0.25) is 23.6 Å². The molecule has 0 bridgehead atoms. The van der Waals surface area contributed by atoms with Crippen LogP contribution >= 0.6 is 0 Å². The number of likely N-dealkylation sites (tertiary alicyclic amines) is 2. The fraction of sp³-hybridized carbons (Fsp3) is 0.492. The first-order valence-electron chi connectivity index (χ1n) is 27.9. The number of nitrogens with zero attached hydrogens (tertiary/aromatic N) is 2. The molecule has 15 heteroatoms. The van der Waals surface area contributed by atoms with E-state index in [2.05, 4.69) is 57.7 Å². The molecule has 2 heterocycles. The summed E-state index contributed by atoms with van der Waals surface area (Å²) in [5.41, 5.74) is 9.38. The molecule has 10 atom stereocenters. The van der Waals surface area contributed by atoms with Gasteiger partial charge in [0, 0.05) is 79.7 Å². The Kier molecular flexibility index (Phi) is 18.3. The first kappa shape index (κ1) is 53.9. The van der Waals surface area contributed by atoms with Crippen LogP contribution in [0.5, 0.6) is 0 Å². The van der Waals surface area contributed by atoms with Crippen molar-refractivity contribution in [1.29, 1.82) is 0 Å². The van der Waals surface area contributed by atoms with Crippen LogP contribution in [0.4, 0.5) is 0 Å². The lowest BCUT2D eigenvalue weighted by Gasteiger charge is -2.18. The molecular weight excluding hydrogens is 959 g/mol. The van der Waals surface area contributed by atoms with Gasteiger partial charge in [0.25, 0.3) is 11.8 Å². The molecule has 402 valence electrons. The van der Waals surface area contributed by atoms with Gasteiger partial charge in [0.1, 0.15) is 0 Å². The van der Waals surface area contributed by atoms with Crippen molar-refractivity contribution in [2.75, 3.05) is 45.9 Å². The van der Waals surface area contributed by atoms with E-state index in [1.54, 1.807) is 34.1 Å². The summed E-state index contributed by atoms with van der Waals surface area (Å²) >= 11 is 0. The molecule has 4 aromatic carbocycles. The number of rotatable bonds is 26. The van der Waals surface area contributed by atoms with Gasteiger partial charge in [-0.1, -0.05) is 142 Å². The number of benzene rings is 4. The Morgan fingerprint density at radius 2 is 0.763 bits per heavy atom. The summed E-state index contributed by atoms with van der Waals surface area (Å²) in [6.07, 6.45) is 12.9. The van der Waals surface area contributed by atoms with Crippen LogP contribution in [-0.4, -0.2) is 115 Å². The zero-order valence-electron chi connectivity index (χ0n) is 43.6. The molecule has 0 unspecified atom stereocenters. The van der Waals surface area contributed by atoms with E-state index in [1.807, 2.05) is 54.6 Å². The molecule has 3 aliphatic carbocycles. The Morgan fingerprint density at radius 3 is 1.12 bits per heavy atom. The summed E-state index contributed by atoms with van der Waals surface area (Å²) in [4.78, 5) is 98.7. The molecule has 0 aromatic heterocycles. The highest BCUT2D eigenvalue weighted by Crippen LogP contribution is 2.44. The van der Waals surface area contributed by atoms with Gasteiger partial charge in [-0.2, -0.15) is 0 Å². The van der Waals surface area contributed by atoms with Crippen molar-refractivity contribution in [2.24, 2.45) is 29.4 Å². The van der Waals surface area contributed by atoms with E-state index in [1.165, 1.54) is 0 Å². The zero-order valence-corrected chi connectivity index (χ0v) is 43.6. The van der Waals surface area contributed by atoms with Crippen molar-refractivity contribution in [1.82, 2.24) is 31.1 Å². The Morgan fingerprint density at radius 1 is 0.434 bits per heavy atom. The molecule has 6 amide bonds. The minimum Gasteiger partial charge on any atom is -0.465 e. The van der Waals surface area contributed by atoms with E-state index in [4.69, 9.17) is 10.5 Å². The summed E-state index contributed by atoms with van der Waals surface area (Å²) in [7, 11) is 0. The Bertz CT molecular complexity index is 2560. The number of amides is 6. The normalized spacial score (nSPS) is 25.0. The number of unbranched alkanes of at least 4 members (excludes halogenated alkanes) is 9. The Hall–Kier alpha value is -6.87. The number of nitrogens with two attached hydrogens (primary N) is 1. The summed E-state index contributed by atoms with van der Waals surface area (Å²) in [6.45, 7) is 1.14. The first-order valence-corrected chi connectivity index (χ1v) is 27.9. The second-order valence-corrected chi connectivity index (χ2v) is 21.8. The van der Waals surface area contributed by atoms with Gasteiger partial charge >= 0.3 is 5.97 Å². The van der Waals surface area contributed by atoms with E-state index in [-0.39, 0.29) is 110 Å². The van der Waals surface area contributed by atoms with Crippen LogP contribution in [0, 0.1) is 23.7 Å². The highest BCUT2D eigenvalue weighted by Gasteiger charge is 2.50. The molecular formula is C61H75N7O8. The van der Waals surface area contributed by atoms with Crippen LogP contribution in [0.1, 0.15) is 139 Å². The van der Waals surface area contributed by atoms with Gasteiger partial charge in [-0.25, -0.2) is 0 Å². The highest BCUT2D eigenvalue weighted by atomic mass is 16.5. The van der Waals surface area contributed by atoms with Crippen molar-refractivity contribution in [3.8, 4) is 0 Å². The average Bonchev–Trinajstić information content (AvgIpc) is 4.42. The number of ether oxygens (including phenoxy) is 1. The van der Waals surface area contributed by atoms with Gasteiger partial charge in [-0.3, -0.25) is 33.6 Å².